The number of nitrogens with zero attached hydrogens (tertiary/aromatic N) is 2. The zero-order valence-electron chi connectivity index (χ0n) is 13.0. The topological polar surface area (TPSA) is 75.5 Å². The molecule has 0 spiro atoms. The molecule has 0 radical (unpaired) electrons. The molecular weight excluding hydrogens is 320 g/mol. The van der Waals surface area contributed by atoms with Gasteiger partial charge in [-0.3, -0.25) is 14.9 Å². The summed E-state index contributed by atoms with van der Waals surface area (Å²) in [5.41, 5.74) is 0.844. The molecule has 2 aromatic carbocycles. The van der Waals surface area contributed by atoms with Crippen LogP contribution in [0.1, 0.15) is 5.56 Å². The van der Waals surface area contributed by atoms with Gasteiger partial charge in [-0.15, -0.1) is 0 Å². The molecule has 0 heterocycles. The van der Waals surface area contributed by atoms with E-state index < -0.39 is 22.5 Å². The van der Waals surface area contributed by atoms with Gasteiger partial charge in [-0.2, -0.15) is 0 Å². The maximum Gasteiger partial charge on any atom is 0.292 e. The van der Waals surface area contributed by atoms with Gasteiger partial charge in [0.1, 0.15) is 17.3 Å². The SMILES string of the molecule is Cc1ccc(N(C)CC(=O)Nc2cc(F)cc(F)c2)c([N+](=O)[O-])c1. The van der Waals surface area contributed by atoms with Crippen LogP contribution in [0, 0.1) is 28.7 Å². The largest absolute Gasteiger partial charge is 0.360 e. The number of halogens is 2. The molecule has 0 saturated carbocycles. The first kappa shape index (κ1) is 17.3. The number of benzene rings is 2. The number of likely N-dealkylation sites (N-methyl/N-ethyl adjacent to an activating group) is 1. The van der Waals surface area contributed by atoms with Crippen molar-refractivity contribution in [1.82, 2.24) is 0 Å². The van der Waals surface area contributed by atoms with Crippen molar-refractivity contribution in [3.63, 3.8) is 0 Å². The second-order valence-electron chi connectivity index (χ2n) is 5.31. The van der Waals surface area contributed by atoms with Crippen LogP contribution < -0.4 is 10.2 Å². The Morgan fingerprint density at radius 3 is 2.42 bits per heavy atom. The van der Waals surface area contributed by atoms with Gasteiger partial charge in [0, 0.05) is 24.9 Å². The van der Waals surface area contributed by atoms with Gasteiger partial charge in [-0.25, -0.2) is 8.78 Å². The van der Waals surface area contributed by atoms with Gasteiger partial charge in [0.25, 0.3) is 5.69 Å². The monoisotopic (exact) mass is 335 g/mol. The minimum atomic E-state index is -0.812. The fourth-order valence-corrected chi connectivity index (χ4v) is 2.23. The highest BCUT2D eigenvalue weighted by molar-refractivity contribution is 5.94. The molecule has 1 N–H and O–H groups in total. The predicted molar refractivity (Wildman–Crippen MR) is 86.1 cm³/mol. The van der Waals surface area contributed by atoms with Gasteiger partial charge >= 0.3 is 0 Å². The summed E-state index contributed by atoms with van der Waals surface area (Å²) in [7, 11) is 1.52. The molecule has 0 aliphatic heterocycles. The van der Waals surface area contributed by atoms with Crippen LogP contribution in [0.5, 0.6) is 0 Å². The van der Waals surface area contributed by atoms with E-state index in [9.17, 15) is 23.7 Å². The molecule has 6 nitrogen and oxygen atoms in total. The van der Waals surface area contributed by atoms with Crippen molar-refractivity contribution in [1.29, 1.82) is 0 Å². The summed E-state index contributed by atoms with van der Waals surface area (Å²) in [6.45, 7) is 1.50. The summed E-state index contributed by atoms with van der Waals surface area (Å²) in [6, 6.07) is 7.30. The minimum Gasteiger partial charge on any atom is -0.360 e. The molecule has 8 heteroatoms. The Kier molecular flexibility index (Phi) is 5.08. The molecule has 0 saturated heterocycles. The average Bonchev–Trinajstić information content (AvgIpc) is 2.45. The van der Waals surface area contributed by atoms with Crippen LogP contribution >= 0.6 is 0 Å². The molecule has 2 aromatic rings. The van der Waals surface area contributed by atoms with Crippen LogP contribution in [0.4, 0.5) is 25.8 Å². The van der Waals surface area contributed by atoms with Crippen molar-refractivity contribution in [2.24, 2.45) is 0 Å². The zero-order chi connectivity index (χ0) is 17.9. The number of aryl methyl sites for hydroxylation is 1. The van der Waals surface area contributed by atoms with Gasteiger partial charge in [0.2, 0.25) is 5.91 Å². The third kappa shape index (κ3) is 4.25. The Morgan fingerprint density at radius 1 is 1.21 bits per heavy atom. The number of nitro groups is 1. The van der Waals surface area contributed by atoms with Crippen LogP contribution in [-0.4, -0.2) is 24.4 Å². The number of carbonyl (C=O) groups excluding carboxylic acids is 1. The molecule has 0 bridgehead atoms. The molecule has 24 heavy (non-hydrogen) atoms. The number of hydrogen-bond donors (Lipinski definition) is 1. The number of carbonyl (C=O) groups is 1. The maximum absolute atomic E-state index is 13.1. The summed E-state index contributed by atoms with van der Waals surface area (Å²) in [4.78, 5) is 24.0. The summed E-state index contributed by atoms with van der Waals surface area (Å²) < 4.78 is 26.2. The number of nitrogens with one attached hydrogen (secondary N) is 1. The highest BCUT2D eigenvalue weighted by Crippen LogP contribution is 2.28. The van der Waals surface area contributed by atoms with Crippen molar-refractivity contribution < 1.29 is 18.5 Å². The number of hydrogen-bond acceptors (Lipinski definition) is 4. The molecule has 2 rings (SSSR count). The van der Waals surface area contributed by atoms with E-state index >= 15 is 0 Å². The quantitative estimate of drug-likeness (QED) is 0.672. The minimum absolute atomic E-state index is 0.0238. The van der Waals surface area contributed by atoms with E-state index in [1.165, 1.54) is 18.0 Å². The normalized spacial score (nSPS) is 10.3. The average molecular weight is 335 g/mol. The van der Waals surface area contributed by atoms with Gasteiger partial charge in [-0.1, -0.05) is 6.07 Å². The summed E-state index contributed by atoms with van der Waals surface area (Å²) in [6.07, 6.45) is 0. The van der Waals surface area contributed by atoms with E-state index in [-0.39, 0.29) is 23.6 Å². The summed E-state index contributed by atoms with van der Waals surface area (Å²) >= 11 is 0. The lowest BCUT2D eigenvalue weighted by Crippen LogP contribution is -2.30. The van der Waals surface area contributed by atoms with Crippen molar-refractivity contribution in [3.05, 3.63) is 63.7 Å². The second kappa shape index (κ2) is 7.03. The molecule has 0 atom stereocenters. The third-order valence-corrected chi connectivity index (χ3v) is 3.27. The first-order valence-corrected chi connectivity index (χ1v) is 6.98. The fraction of sp³-hybridized carbons (Fsp3) is 0.188. The summed E-state index contributed by atoms with van der Waals surface area (Å²) in [5.74, 6) is -2.18. The predicted octanol–water partition coefficient (Wildman–Crippen LogP) is 3.26. The third-order valence-electron chi connectivity index (χ3n) is 3.27. The molecule has 0 aliphatic carbocycles. The lowest BCUT2D eigenvalue weighted by molar-refractivity contribution is -0.384. The molecule has 126 valence electrons. The van der Waals surface area contributed by atoms with Gasteiger partial charge < -0.3 is 10.2 Å². The molecule has 0 unspecified atom stereocenters. The van der Waals surface area contributed by atoms with Crippen molar-refractivity contribution in [2.45, 2.75) is 6.92 Å². The lowest BCUT2D eigenvalue weighted by Gasteiger charge is -2.19. The summed E-state index contributed by atoms with van der Waals surface area (Å²) in [5, 5.41) is 13.5. The molecule has 0 fully saturated rings. The highest BCUT2D eigenvalue weighted by Gasteiger charge is 2.19. The molecular formula is C16H15F2N3O3. The molecule has 1 amide bonds. The maximum atomic E-state index is 13.1. The first-order valence-electron chi connectivity index (χ1n) is 6.98. The van der Waals surface area contributed by atoms with Crippen LogP contribution in [0.25, 0.3) is 0 Å². The lowest BCUT2D eigenvalue weighted by atomic mass is 10.2. The Labute approximate surface area is 136 Å². The Balaban J connectivity index is 2.13. The Morgan fingerprint density at radius 2 is 1.83 bits per heavy atom. The van der Waals surface area contributed by atoms with Gasteiger partial charge in [0.05, 0.1) is 11.5 Å². The number of nitro benzene ring substituents is 1. The van der Waals surface area contributed by atoms with Crippen molar-refractivity contribution in [2.75, 3.05) is 23.8 Å². The van der Waals surface area contributed by atoms with E-state index in [4.69, 9.17) is 0 Å². The Bertz CT molecular complexity index is 776. The zero-order valence-corrected chi connectivity index (χ0v) is 13.0. The van der Waals surface area contributed by atoms with E-state index in [0.29, 0.717) is 6.07 Å². The van der Waals surface area contributed by atoms with Crippen LogP contribution in [-0.2, 0) is 4.79 Å². The number of rotatable bonds is 5. The molecule has 0 aliphatic rings. The number of amides is 1. The standard InChI is InChI=1S/C16H15F2N3O3/c1-10-3-4-14(15(5-10)21(23)24)20(2)9-16(22)19-13-7-11(17)6-12(18)8-13/h3-8H,9H2,1-2H3,(H,19,22). The van der Waals surface area contributed by atoms with Gasteiger partial charge in [-0.05, 0) is 30.7 Å². The van der Waals surface area contributed by atoms with E-state index in [2.05, 4.69) is 5.32 Å². The van der Waals surface area contributed by atoms with Crippen molar-refractivity contribution >= 4 is 23.0 Å². The van der Waals surface area contributed by atoms with Gasteiger partial charge in [0.15, 0.2) is 0 Å². The van der Waals surface area contributed by atoms with E-state index in [1.807, 2.05) is 0 Å². The molecule has 0 aromatic heterocycles. The Hall–Kier alpha value is -3.03. The number of anilines is 2. The van der Waals surface area contributed by atoms with Crippen LogP contribution in [0.2, 0.25) is 0 Å². The van der Waals surface area contributed by atoms with E-state index in [0.717, 1.165) is 17.7 Å². The van der Waals surface area contributed by atoms with Crippen LogP contribution in [0.15, 0.2) is 36.4 Å². The van der Waals surface area contributed by atoms with Crippen molar-refractivity contribution in [3.8, 4) is 0 Å². The first-order chi connectivity index (χ1) is 11.3. The van der Waals surface area contributed by atoms with E-state index in [1.54, 1.807) is 19.1 Å². The second-order valence-corrected chi connectivity index (χ2v) is 5.31. The highest BCUT2D eigenvalue weighted by atomic mass is 19.1. The smallest absolute Gasteiger partial charge is 0.292 e. The fourth-order valence-electron chi connectivity index (χ4n) is 2.23. The van der Waals surface area contributed by atoms with Crippen LogP contribution in [0.3, 0.4) is 0 Å².